The van der Waals surface area contributed by atoms with Gasteiger partial charge in [0.05, 0.1) is 6.61 Å². The van der Waals surface area contributed by atoms with Crippen LogP contribution in [-0.4, -0.2) is 15.1 Å². The van der Waals surface area contributed by atoms with Gasteiger partial charge >= 0.3 is 6.18 Å². The summed E-state index contributed by atoms with van der Waals surface area (Å²) in [5.41, 5.74) is 1.50. The molecule has 4 nitrogen and oxygen atoms in total. The first-order valence-corrected chi connectivity index (χ1v) is 7.87. The number of nitrogens with one attached hydrogen (secondary N) is 1. The van der Waals surface area contributed by atoms with Gasteiger partial charge in [0.25, 0.3) is 0 Å². The molecular formula is C17H18F3N3O. The maximum atomic E-state index is 13.3. The topological polar surface area (TPSA) is 58.0 Å². The lowest BCUT2D eigenvalue weighted by Crippen LogP contribution is -2.20. The molecule has 3 rings (SSSR count). The maximum Gasteiger partial charge on any atom is 0.433 e. The first-order valence-electron chi connectivity index (χ1n) is 7.87. The fourth-order valence-corrected chi connectivity index (χ4v) is 2.93. The number of aliphatic hydroxyl groups is 1. The van der Waals surface area contributed by atoms with Gasteiger partial charge in [-0.2, -0.15) is 13.2 Å². The van der Waals surface area contributed by atoms with Gasteiger partial charge in [-0.15, -0.1) is 0 Å². The second-order valence-corrected chi connectivity index (χ2v) is 5.86. The van der Waals surface area contributed by atoms with Crippen molar-refractivity contribution >= 4 is 5.95 Å². The number of aryl methyl sites for hydroxylation is 1. The summed E-state index contributed by atoms with van der Waals surface area (Å²) in [4.78, 5) is 7.99. The Morgan fingerprint density at radius 3 is 2.58 bits per heavy atom. The standard InChI is InChI=1S/C17H18F3N3O/c18-17(19,20)15-13-6-1-2-7-14(13)22-16(23-15)21-9-11-4-3-5-12(8-11)10-24/h3-5,8,24H,1-2,6-7,9-10H2,(H,21,22,23). The van der Waals surface area contributed by atoms with Crippen molar-refractivity contribution in [3.63, 3.8) is 0 Å². The summed E-state index contributed by atoms with van der Waals surface area (Å²) in [5, 5.41) is 12.0. The number of rotatable bonds is 4. The molecular weight excluding hydrogens is 319 g/mol. The monoisotopic (exact) mass is 337 g/mol. The third kappa shape index (κ3) is 3.67. The average molecular weight is 337 g/mol. The molecule has 0 radical (unpaired) electrons. The molecule has 1 aromatic heterocycles. The molecule has 1 heterocycles. The SMILES string of the molecule is OCc1cccc(CNc2nc3c(c(C(F)(F)F)n2)CCCC3)c1. The van der Waals surface area contributed by atoms with Crippen LogP contribution < -0.4 is 5.32 Å². The number of nitrogens with zero attached hydrogens (tertiary/aromatic N) is 2. The number of anilines is 1. The van der Waals surface area contributed by atoms with Crippen LogP contribution in [0.5, 0.6) is 0 Å². The van der Waals surface area contributed by atoms with Crippen LogP contribution >= 0.6 is 0 Å². The lowest BCUT2D eigenvalue weighted by atomic mass is 9.94. The van der Waals surface area contributed by atoms with Crippen molar-refractivity contribution in [3.05, 3.63) is 52.3 Å². The lowest BCUT2D eigenvalue weighted by molar-refractivity contribution is -0.142. The van der Waals surface area contributed by atoms with E-state index in [1.807, 2.05) is 6.07 Å². The predicted octanol–water partition coefficient (Wildman–Crippen LogP) is 3.48. The molecule has 7 heteroatoms. The molecule has 24 heavy (non-hydrogen) atoms. The summed E-state index contributed by atoms with van der Waals surface area (Å²) in [6.07, 6.45) is -1.96. The minimum atomic E-state index is -4.47. The first-order chi connectivity index (χ1) is 11.5. The minimum absolute atomic E-state index is 0.00243. The van der Waals surface area contributed by atoms with Crippen LogP contribution in [0, 0.1) is 0 Å². The van der Waals surface area contributed by atoms with Gasteiger partial charge in [-0.1, -0.05) is 24.3 Å². The molecule has 0 aliphatic heterocycles. The van der Waals surface area contributed by atoms with Crippen LogP contribution in [0.4, 0.5) is 19.1 Å². The zero-order valence-corrected chi connectivity index (χ0v) is 13.0. The molecule has 2 aromatic rings. The third-order valence-electron chi connectivity index (χ3n) is 4.08. The van der Waals surface area contributed by atoms with Crippen molar-refractivity contribution in [3.8, 4) is 0 Å². The van der Waals surface area contributed by atoms with E-state index in [-0.39, 0.29) is 18.1 Å². The molecule has 0 fully saturated rings. The summed E-state index contributed by atoms with van der Waals surface area (Å²) < 4.78 is 39.8. The molecule has 0 bridgehead atoms. The Balaban J connectivity index is 1.85. The van der Waals surface area contributed by atoms with Gasteiger partial charge in [-0.25, -0.2) is 9.97 Å². The molecule has 0 saturated carbocycles. The predicted molar refractivity (Wildman–Crippen MR) is 83.4 cm³/mol. The summed E-state index contributed by atoms with van der Waals surface area (Å²) in [6.45, 7) is 0.214. The van der Waals surface area contributed by atoms with Crippen LogP contribution in [0.1, 0.15) is 40.9 Å². The Morgan fingerprint density at radius 2 is 1.83 bits per heavy atom. The molecule has 1 aromatic carbocycles. The quantitative estimate of drug-likeness (QED) is 0.897. The highest BCUT2D eigenvalue weighted by molar-refractivity contribution is 5.38. The fraction of sp³-hybridized carbons (Fsp3) is 0.412. The normalized spacial score (nSPS) is 14.3. The van der Waals surface area contributed by atoms with E-state index in [9.17, 15) is 13.2 Å². The molecule has 0 unspecified atom stereocenters. The first kappa shape index (κ1) is 16.7. The Morgan fingerprint density at radius 1 is 1.08 bits per heavy atom. The number of hydrogen-bond acceptors (Lipinski definition) is 4. The largest absolute Gasteiger partial charge is 0.433 e. The highest BCUT2D eigenvalue weighted by Gasteiger charge is 2.37. The third-order valence-corrected chi connectivity index (χ3v) is 4.08. The van der Waals surface area contributed by atoms with Gasteiger partial charge in [-0.05, 0) is 36.8 Å². The Kier molecular flexibility index (Phi) is 4.71. The van der Waals surface area contributed by atoms with Crippen LogP contribution in [0.3, 0.4) is 0 Å². The average Bonchev–Trinajstić information content (AvgIpc) is 2.58. The number of aliphatic hydroxyl groups excluding tert-OH is 1. The van der Waals surface area contributed by atoms with E-state index in [1.54, 1.807) is 18.2 Å². The van der Waals surface area contributed by atoms with Gasteiger partial charge in [0.2, 0.25) is 5.95 Å². The van der Waals surface area contributed by atoms with Crippen molar-refractivity contribution < 1.29 is 18.3 Å². The highest BCUT2D eigenvalue weighted by Crippen LogP contribution is 2.35. The number of aromatic nitrogens is 2. The number of alkyl halides is 3. The van der Waals surface area contributed by atoms with Crippen LogP contribution in [0.25, 0.3) is 0 Å². The molecule has 0 atom stereocenters. The molecule has 1 aliphatic carbocycles. The summed E-state index contributed by atoms with van der Waals surface area (Å²) >= 11 is 0. The number of halogens is 3. The zero-order chi connectivity index (χ0) is 17.2. The van der Waals surface area contributed by atoms with Gasteiger partial charge in [-0.3, -0.25) is 0 Å². The molecule has 0 amide bonds. The summed E-state index contributed by atoms with van der Waals surface area (Å²) in [5.74, 6) is -0.00243. The Bertz CT molecular complexity index is 732. The van der Waals surface area contributed by atoms with E-state index in [0.29, 0.717) is 25.1 Å². The Hall–Kier alpha value is -2.15. The second-order valence-electron chi connectivity index (χ2n) is 5.86. The molecule has 128 valence electrons. The number of fused-ring (bicyclic) bond motifs is 1. The van der Waals surface area contributed by atoms with E-state index >= 15 is 0 Å². The van der Waals surface area contributed by atoms with E-state index in [1.165, 1.54) is 0 Å². The fourth-order valence-electron chi connectivity index (χ4n) is 2.93. The van der Waals surface area contributed by atoms with Crippen molar-refractivity contribution in [1.82, 2.24) is 9.97 Å². The van der Waals surface area contributed by atoms with E-state index < -0.39 is 11.9 Å². The zero-order valence-electron chi connectivity index (χ0n) is 13.0. The van der Waals surface area contributed by atoms with E-state index in [4.69, 9.17) is 5.11 Å². The van der Waals surface area contributed by atoms with Gasteiger partial charge in [0, 0.05) is 17.8 Å². The van der Waals surface area contributed by atoms with E-state index in [0.717, 1.165) is 24.0 Å². The van der Waals surface area contributed by atoms with Crippen LogP contribution in [-0.2, 0) is 32.2 Å². The van der Waals surface area contributed by atoms with Crippen LogP contribution in [0.15, 0.2) is 24.3 Å². The van der Waals surface area contributed by atoms with Gasteiger partial charge in [0.15, 0.2) is 5.69 Å². The van der Waals surface area contributed by atoms with Crippen molar-refractivity contribution in [2.24, 2.45) is 0 Å². The maximum absolute atomic E-state index is 13.3. The lowest BCUT2D eigenvalue weighted by Gasteiger charge is -2.20. The molecule has 0 spiro atoms. The van der Waals surface area contributed by atoms with Gasteiger partial charge in [0.1, 0.15) is 0 Å². The summed E-state index contributed by atoms with van der Waals surface area (Å²) in [7, 11) is 0. The van der Waals surface area contributed by atoms with Crippen LogP contribution in [0.2, 0.25) is 0 Å². The smallest absolute Gasteiger partial charge is 0.392 e. The molecule has 0 saturated heterocycles. The molecule has 1 aliphatic rings. The van der Waals surface area contributed by atoms with Crippen molar-refractivity contribution in [2.75, 3.05) is 5.32 Å². The summed E-state index contributed by atoms with van der Waals surface area (Å²) in [6, 6.07) is 7.18. The van der Waals surface area contributed by atoms with Gasteiger partial charge < -0.3 is 10.4 Å². The number of benzene rings is 1. The van der Waals surface area contributed by atoms with E-state index in [2.05, 4.69) is 15.3 Å². The second kappa shape index (κ2) is 6.76. The highest BCUT2D eigenvalue weighted by atomic mass is 19.4. The Labute approximate surface area is 137 Å². The minimum Gasteiger partial charge on any atom is -0.392 e. The number of hydrogen-bond donors (Lipinski definition) is 2. The van der Waals surface area contributed by atoms with Crippen molar-refractivity contribution in [1.29, 1.82) is 0 Å². The molecule has 2 N–H and O–H groups in total. The van der Waals surface area contributed by atoms with Crippen molar-refractivity contribution in [2.45, 2.75) is 45.0 Å².